The number of H-pyrrole nitrogens is 1. The standard InChI is InChI=1S/C12H12N2/c1-9-2-3-11(8-14-9)10-4-6-12(13)7-5-10/h2-8H,13H2,1H3/p+1. The summed E-state index contributed by atoms with van der Waals surface area (Å²) in [6.45, 7) is 2.03. The van der Waals surface area contributed by atoms with Crippen molar-refractivity contribution in [3.8, 4) is 11.1 Å². The zero-order valence-corrected chi connectivity index (χ0v) is 8.12. The highest BCUT2D eigenvalue weighted by Gasteiger charge is 2.00. The lowest BCUT2D eigenvalue weighted by atomic mass is 10.1. The van der Waals surface area contributed by atoms with Crippen LogP contribution in [0.25, 0.3) is 11.1 Å². The average molecular weight is 185 g/mol. The van der Waals surface area contributed by atoms with Crippen LogP contribution in [0.3, 0.4) is 0 Å². The highest BCUT2D eigenvalue weighted by Crippen LogP contribution is 2.18. The molecule has 2 rings (SSSR count). The van der Waals surface area contributed by atoms with E-state index in [-0.39, 0.29) is 0 Å². The maximum Gasteiger partial charge on any atom is 0.176 e. The fourth-order valence-corrected chi connectivity index (χ4v) is 1.36. The molecule has 0 aliphatic carbocycles. The van der Waals surface area contributed by atoms with Gasteiger partial charge in [-0.05, 0) is 23.8 Å². The van der Waals surface area contributed by atoms with Crippen LogP contribution in [0.15, 0.2) is 42.6 Å². The molecule has 1 heterocycles. The summed E-state index contributed by atoms with van der Waals surface area (Å²) in [5.74, 6) is 0. The van der Waals surface area contributed by atoms with Crippen LogP contribution in [0, 0.1) is 6.92 Å². The van der Waals surface area contributed by atoms with E-state index in [1.807, 2.05) is 37.4 Å². The molecule has 2 aromatic rings. The Labute approximate surface area is 83.4 Å². The number of hydrogen-bond acceptors (Lipinski definition) is 1. The predicted octanol–water partition coefficient (Wildman–Crippen LogP) is 2.06. The fraction of sp³-hybridized carbons (Fsp3) is 0.0833. The second-order valence-corrected chi connectivity index (χ2v) is 3.38. The maximum atomic E-state index is 5.62. The van der Waals surface area contributed by atoms with Gasteiger partial charge in [-0.15, -0.1) is 0 Å². The van der Waals surface area contributed by atoms with Crippen molar-refractivity contribution in [2.75, 3.05) is 5.73 Å². The lowest BCUT2D eigenvalue weighted by Gasteiger charge is -1.98. The van der Waals surface area contributed by atoms with Crippen LogP contribution in [-0.2, 0) is 0 Å². The van der Waals surface area contributed by atoms with Crippen molar-refractivity contribution in [1.82, 2.24) is 0 Å². The Morgan fingerprint density at radius 3 is 2.14 bits per heavy atom. The molecule has 0 fully saturated rings. The molecule has 70 valence electrons. The molecule has 0 aliphatic heterocycles. The van der Waals surface area contributed by atoms with Crippen LogP contribution in [0.2, 0.25) is 0 Å². The number of hydrogen-bond donors (Lipinski definition) is 1. The molecule has 0 aliphatic rings. The quantitative estimate of drug-likeness (QED) is 0.679. The van der Waals surface area contributed by atoms with E-state index >= 15 is 0 Å². The minimum atomic E-state index is 0.796. The van der Waals surface area contributed by atoms with E-state index in [0.29, 0.717) is 0 Å². The molecule has 2 heteroatoms. The highest BCUT2D eigenvalue weighted by molar-refractivity contribution is 5.63. The summed E-state index contributed by atoms with van der Waals surface area (Å²) >= 11 is 0. The topological polar surface area (TPSA) is 40.2 Å². The van der Waals surface area contributed by atoms with Gasteiger partial charge in [-0.25, -0.2) is 4.98 Å². The Morgan fingerprint density at radius 2 is 1.57 bits per heavy atom. The van der Waals surface area contributed by atoms with E-state index in [4.69, 9.17) is 5.73 Å². The van der Waals surface area contributed by atoms with Crippen molar-refractivity contribution in [3.63, 3.8) is 0 Å². The van der Waals surface area contributed by atoms with E-state index in [1.54, 1.807) is 0 Å². The molecule has 0 amide bonds. The molecule has 1 aromatic carbocycles. The Hall–Kier alpha value is -1.83. The number of anilines is 1. The molecule has 0 radical (unpaired) electrons. The number of pyridine rings is 1. The Morgan fingerprint density at radius 1 is 0.929 bits per heavy atom. The normalized spacial score (nSPS) is 10.1. The van der Waals surface area contributed by atoms with E-state index in [1.165, 1.54) is 11.1 Å². The van der Waals surface area contributed by atoms with E-state index < -0.39 is 0 Å². The molecule has 0 bridgehead atoms. The first-order valence-electron chi connectivity index (χ1n) is 4.60. The van der Waals surface area contributed by atoms with Crippen LogP contribution >= 0.6 is 0 Å². The first-order valence-corrected chi connectivity index (χ1v) is 4.60. The summed E-state index contributed by atoms with van der Waals surface area (Å²) in [7, 11) is 0. The Kier molecular flexibility index (Phi) is 2.19. The molecule has 14 heavy (non-hydrogen) atoms. The third-order valence-corrected chi connectivity index (χ3v) is 2.21. The largest absolute Gasteiger partial charge is 0.399 e. The monoisotopic (exact) mass is 185 g/mol. The van der Waals surface area contributed by atoms with Gasteiger partial charge in [0.1, 0.15) is 0 Å². The second kappa shape index (κ2) is 3.50. The summed E-state index contributed by atoms with van der Waals surface area (Å²) in [4.78, 5) is 3.18. The lowest BCUT2D eigenvalue weighted by molar-refractivity contribution is -0.386. The van der Waals surface area contributed by atoms with Gasteiger partial charge in [0.25, 0.3) is 0 Å². The van der Waals surface area contributed by atoms with Crippen LogP contribution in [-0.4, -0.2) is 0 Å². The highest BCUT2D eigenvalue weighted by atomic mass is 14.7. The number of nitrogen functional groups attached to an aromatic ring is 1. The Balaban J connectivity index is 2.40. The molecular formula is C12H13N2+. The molecule has 2 nitrogen and oxygen atoms in total. The van der Waals surface area contributed by atoms with Gasteiger partial charge in [0.2, 0.25) is 0 Å². The van der Waals surface area contributed by atoms with Crippen molar-refractivity contribution >= 4 is 5.69 Å². The maximum absolute atomic E-state index is 5.62. The second-order valence-electron chi connectivity index (χ2n) is 3.38. The van der Waals surface area contributed by atoms with Crippen LogP contribution in [0.1, 0.15) is 5.69 Å². The minimum Gasteiger partial charge on any atom is -0.399 e. The van der Waals surface area contributed by atoms with Crippen molar-refractivity contribution in [2.45, 2.75) is 6.92 Å². The minimum absolute atomic E-state index is 0.796. The van der Waals surface area contributed by atoms with Crippen LogP contribution in [0.5, 0.6) is 0 Å². The molecule has 0 spiro atoms. The number of aromatic nitrogens is 1. The zero-order chi connectivity index (χ0) is 9.97. The van der Waals surface area contributed by atoms with Crippen molar-refractivity contribution in [2.24, 2.45) is 0 Å². The van der Waals surface area contributed by atoms with Crippen molar-refractivity contribution in [1.29, 1.82) is 0 Å². The molecule has 0 saturated heterocycles. The summed E-state index contributed by atoms with van der Waals surface area (Å²) in [6, 6.07) is 12.0. The van der Waals surface area contributed by atoms with E-state index in [2.05, 4.69) is 17.1 Å². The molecule has 1 aromatic heterocycles. The van der Waals surface area contributed by atoms with Crippen molar-refractivity contribution in [3.05, 3.63) is 48.3 Å². The van der Waals surface area contributed by atoms with Gasteiger partial charge in [-0.2, -0.15) is 0 Å². The fourth-order valence-electron chi connectivity index (χ4n) is 1.36. The number of nitrogens with one attached hydrogen (secondary N) is 1. The van der Waals surface area contributed by atoms with E-state index in [0.717, 1.165) is 11.4 Å². The number of aromatic amines is 1. The number of benzene rings is 1. The van der Waals surface area contributed by atoms with Gasteiger partial charge in [-0.1, -0.05) is 12.1 Å². The molecule has 0 atom stereocenters. The van der Waals surface area contributed by atoms with Gasteiger partial charge < -0.3 is 5.73 Å². The molecular weight excluding hydrogens is 172 g/mol. The number of nitrogens with two attached hydrogens (primary N) is 1. The predicted molar refractivity (Wildman–Crippen MR) is 57.6 cm³/mol. The average Bonchev–Trinajstić information content (AvgIpc) is 2.21. The zero-order valence-electron chi connectivity index (χ0n) is 8.12. The van der Waals surface area contributed by atoms with E-state index in [9.17, 15) is 0 Å². The Bertz CT molecular complexity index is 372. The smallest absolute Gasteiger partial charge is 0.176 e. The van der Waals surface area contributed by atoms with Gasteiger partial charge >= 0.3 is 0 Å². The third kappa shape index (κ3) is 1.74. The summed E-state index contributed by atoms with van der Waals surface area (Å²) in [6.07, 6.45) is 2.00. The van der Waals surface area contributed by atoms with Crippen LogP contribution in [0.4, 0.5) is 5.69 Å². The summed E-state index contributed by atoms with van der Waals surface area (Å²) in [5.41, 5.74) is 9.93. The first kappa shape index (κ1) is 8.75. The van der Waals surface area contributed by atoms with Gasteiger partial charge in [0.05, 0.1) is 0 Å². The molecule has 0 saturated carbocycles. The summed E-state index contributed by atoms with van der Waals surface area (Å²) in [5, 5.41) is 0. The SMILES string of the molecule is Cc1ccc(-c2ccc(N)cc2)c[nH+]1. The molecule has 3 N–H and O–H groups in total. The van der Waals surface area contributed by atoms with Gasteiger partial charge in [0.15, 0.2) is 11.9 Å². The van der Waals surface area contributed by atoms with Crippen molar-refractivity contribution < 1.29 is 4.98 Å². The van der Waals surface area contributed by atoms with Crippen LogP contribution < -0.4 is 10.7 Å². The number of rotatable bonds is 1. The number of aryl methyl sites for hydroxylation is 1. The third-order valence-electron chi connectivity index (χ3n) is 2.21. The summed E-state index contributed by atoms with van der Waals surface area (Å²) < 4.78 is 0. The first-order chi connectivity index (χ1) is 6.75. The van der Waals surface area contributed by atoms with Gasteiger partial charge in [0, 0.05) is 24.2 Å². The lowest BCUT2D eigenvalue weighted by Crippen LogP contribution is -2.05. The molecule has 0 unspecified atom stereocenters. The van der Waals surface area contributed by atoms with Gasteiger partial charge in [-0.3, -0.25) is 0 Å².